The summed E-state index contributed by atoms with van der Waals surface area (Å²) in [6.45, 7) is 4.96. The lowest BCUT2D eigenvalue weighted by molar-refractivity contribution is 0.168. The van der Waals surface area contributed by atoms with Crippen LogP contribution in [-0.2, 0) is 4.74 Å². The van der Waals surface area contributed by atoms with Crippen LogP contribution in [0.2, 0.25) is 4.34 Å². The van der Waals surface area contributed by atoms with E-state index < -0.39 is 0 Å². The van der Waals surface area contributed by atoms with Gasteiger partial charge in [0.05, 0.1) is 10.9 Å². The van der Waals surface area contributed by atoms with E-state index in [2.05, 4.69) is 24.5 Å². The van der Waals surface area contributed by atoms with Crippen LogP contribution in [0.15, 0.2) is 11.4 Å². The average Bonchev–Trinajstić information content (AvgIpc) is 2.52. The van der Waals surface area contributed by atoms with Gasteiger partial charge in [-0.15, -0.1) is 11.3 Å². The van der Waals surface area contributed by atoms with Crippen LogP contribution in [0.4, 0.5) is 0 Å². The molecule has 0 bridgehead atoms. The van der Waals surface area contributed by atoms with E-state index >= 15 is 0 Å². The number of hydrogen-bond donors (Lipinski definition) is 1. The van der Waals surface area contributed by atoms with Crippen molar-refractivity contribution in [1.82, 2.24) is 5.32 Å². The average molecular weight is 234 g/mol. The quantitative estimate of drug-likeness (QED) is 0.844. The van der Waals surface area contributed by atoms with Gasteiger partial charge in [0.1, 0.15) is 0 Å². The highest BCUT2D eigenvalue weighted by atomic mass is 35.5. The molecule has 0 saturated carbocycles. The molecule has 0 spiro atoms. The van der Waals surface area contributed by atoms with E-state index in [9.17, 15) is 0 Å². The first-order chi connectivity index (χ1) is 6.63. The molecule has 4 heteroatoms. The Hall–Kier alpha value is -0.0900. The molecule has 0 amide bonds. The second-order valence-electron chi connectivity index (χ2n) is 3.43. The minimum absolute atomic E-state index is 0.323. The van der Waals surface area contributed by atoms with E-state index in [0.717, 1.165) is 10.9 Å². The Morgan fingerprint density at radius 2 is 2.29 bits per heavy atom. The standard InChI is InChI=1S/C10H16ClNOS/c1-7(5-13-3)12-8(2)9-4-10(11)14-6-9/h4,6-8,12H,5H2,1-3H3. The fraction of sp³-hybridized carbons (Fsp3) is 0.600. The third-order valence-corrected chi connectivity index (χ3v) is 3.15. The summed E-state index contributed by atoms with van der Waals surface area (Å²) in [6, 6.07) is 2.68. The van der Waals surface area contributed by atoms with Gasteiger partial charge in [0, 0.05) is 19.2 Å². The van der Waals surface area contributed by atoms with Crippen molar-refractivity contribution in [3.8, 4) is 0 Å². The number of hydrogen-bond acceptors (Lipinski definition) is 3. The maximum atomic E-state index is 5.87. The van der Waals surface area contributed by atoms with E-state index in [1.165, 1.54) is 5.56 Å². The molecule has 1 aromatic rings. The normalized spacial score (nSPS) is 15.4. The summed E-state index contributed by atoms with van der Waals surface area (Å²) >= 11 is 7.44. The Balaban J connectivity index is 2.45. The lowest BCUT2D eigenvalue weighted by Gasteiger charge is -2.18. The zero-order valence-electron chi connectivity index (χ0n) is 8.71. The summed E-state index contributed by atoms with van der Waals surface area (Å²) in [6.07, 6.45) is 0. The lowest BCUT2D eigenvalue weighted by atomic mass is 10.1. The molecular weight excluding hydrogens is 218 g/mol. The van der Waals surface area contributed by atoms with Gasteiger partial charge in [-0.1, -0.05) is 11.6 Å². The van der Waals surface area contributed by atoms with Gasteiger partial charge in [0.2, 0.25) is 0 Å². The molecule has 2 unspecified atom stereocenters. The zero-order chi connectivity index (χ0) is 10.6. The fourth-order valence-electron chi connectivity index (χ4n) is 1.37. The SMILES string of the molecule is COCC(C)NC(C)c1csc(Cl)c1. The predicted octanol–water partition coefficient (Wildman–Crippen LogP) is 3.09. The molecule has 1 N–H and O–H groups in total. The first-order valence-corrected chi connectivity index (χ1v) is 5.88. The number of nitrogens with one attached hydrogen (secondary N) is 1. The number of halogens is 1. The molecule has 1 aromatic heterocycles. The predicted molar refractivity (Wildman–Crippen MR) is 62.2 cm³/mol. The second kappa shape index (κ2) is 5.71. The van der Waals surface area contributed by atoms with Crippen LogP contribution >= 0.6 is 22.9 Å². The molecule has 2 atom stereocenters. The van der Waals surface area contributed by atoms with Crippen molar-refractivity contribution in [3.63, 3.8) is 0 Å². The largest absolute Gasteiger partial charge is 0.383 e. The van der Waals surface area contributed by atoms with E-state index in [-0.39, 0.29) is 0 Å². The molecule has 0 aliphatic heterocycles. The second-order valence-corrected chi connectivity index (χ2v) is 4.97. The summed E-state index contributed by atoms with van der Waals surface area (Å²) in [5.74, 6) is 0. The van der Waals surface area contributed by atoms with E-state index in [1.54, 1.807) is 18.4 Å². The number of thiophene rings is 1. The molecule has 0 aromatic carbocycles. The maximum Gasteiger partial charge on any atom is 0.0931 e. The number of ether oxygens (including phenoxy) is 1. The van der Waals surface area contributed by atoms with Crippen LogP contribution in [0.5, 0.6) is 0 Å². The highest BCUT2D eigenvalue weighted by molar-refractivity contribution is 7.14. The van der Waals surface area contributed by atoms with Crippen LogP contribution in [0.25, 0.3) is 0 Å². The molecule has 14 heavy (non-hydrogen) atoms. The zero-order valence-corrected chi connectivity index (χ0v) is 10.3. The Labute approximate surface area is 94.2 Å². The number of methoxy groups -OCH3 is 1. The highest BCUT2D eigenvalue weighted by Gasteiger charge is 2.10. The summed E-state index contributed by atoms with van der Waals surface area (Å²) in [5, 5.41) is 5.52. The molecule has 0 aliphatic rings. The van der Waals surface area contributed by atoms with Gasteiger partial charge in [0.15, 0.2) is 0 Å². The van der Waals surface area contributed by atoms with Gasteiger partial charge >= 0.3 is 0 Å². The van der Waals surface area contributed by atoms with Gasteiger partial charge in [-0.05, 0) is 30.9 Å². The Morgan fingerprint density at radius 3 is 2.79 bits per heavy atom. The van der Waals surface area contributed by atoms with E-state index in [4.69, 9.17) is 16.3 Å². The summed E-state index contributed by atoms with van der Waals surface area (Å²) in [4.78, 5) is 0. The van der Waals surface area contributed by atoms with Gasteiger partial charge in [-0.25, -0.2) is 0 Å². The van der Waals surface area contributed by atoms with Crippen molar-refractivity contribution < 1.29 is 4.74 Å². The lowest BCUT2D eigenvalue weighted by Crippen LogP contribution is -2.32. The molecule has 1 heterocycles. The van der Waals surface area contributed by atoms with Crippen LogP contribution in [0, 0.1) is 0 Å². The van der Waals surface area contributed by atoms with Gasteiger partial charge in [-0.2, -0.15) is 0 Å². The minimum atomic E-state index is 0.323. The van der Waals surface area contributed by atoms with E-state index in [1.807, 2.05) is 6.07 Å². The third-order valence-electron chi connectivity index (χ3n) is 2.04. The molecule has 0 aliphatic carbocycles. The Morgan fingerprint density at radius 1 is 1.57 bits per heavy atom. The Bertz CT molecular complexity index is 277. The van der Waals surface area contributed by atoms with Crippen LogP contribution < -0.4 is 5.32 Å². The Kier molecular flexibility index (Phi) is 4.89. The smallest absolute Gasteiger partial charge is 0.0931 e. The molecule has 0 saturated heterocycles. The number of rotatable bonds is 5. The molecule has 0 fully saturated rings. The summed E-state index contributed by atoms with van der Waals surface area (Å²) in [5.41, 5.74) is 1.24. The minimum Gasteiger partial charge on any atom is -0.383 e. The molecule has 0 radical (unpaired) electrons. The van der Waals surface area contributed by atoms with Crippen LogP contribution in [0.1, 0.15) is 25.5 Å². The monoisotopic (exact) mass is 233 g/mol. The molecule has 2 nitrogen and oxygen atoms in total. The first-order valence-electron chi connectivity index (χ1n) is 4.62. The van der Waals surface area contributed by atoms with Crippen LogP contribution in [0.3, 0.4) is 0 Å². The van der Waals surface area contributed by atoms with Crippen molar-refractivity contribution in [2.75, 3.05) is 13.7 Å². The first kappa shape index (κ1) is 12.0. The summed E-state index contributed by atoms with van der Waals surface area (Å²) < 4.78 is 5.90. The molecule has 80 valence electrons. The molecular formula is C10H16ClNOS. The van der Waals surface area contributed by atoms with Crippen molar-refractivity contribution in [3.05, 3.63) is 21.3 Å². The van der Waals surface area contributed by atoms with Crippen LogP contribution in [-0.4, -0.2) is 19.8 Å². The molecule has 1 rings (SSSR count). The fourth-order valence-corrected chi connectivity index (χ4v) is 2.36. The topological polar surface area (TPSA) is 21.3 Å². The van der Waals surface area contributed by atoms with Crippen molar-refractivity contribution in [1.29, 1.82) is 0 Å². The van der Waals surface area contributed by atoms with Gasteiger partial charge in [0.25, 0.3) is 0 Å². The maximum absolute atomic E-state index is 5.87. The van der Waals surface area contributed by atoms with Crippen molar-refractivity contribution in [2.45, 2.75) is 25.9 Å². The van der Waals surface area contributed by atoms with Gasteiger partial charge < -0.3 is 10.1 Å². The van der Waals surface area contributed by atoms with Gasteiger partial charge in [-0.3, -0.25) is 0 Å². The third kappa shape index (κ3) is 3.58. The van der Waals surface area contributed by atoms with Crippen molar-refractivity contribution in [2.24, 2.45) is 0 Å². The van der Waals surface area contributed by atoms with Crippen molar-refractivity contribution >= 4 is 22.9 Å². The highest BCUT2D eigenvalue weighted by Crippen LogP contribution is 2.24. The van der Waals surface area contributed by atoms with E-state index in [0.29, 0.717) is 12.1 Å². The summed E-state index contributed by atoms with van der Waals surface area (Å²) in [7, 11) is 1.71.